The minimum Gasteiger partial charge on any atom is -0.545 e. The summed E-state index contributed by atoms with van der Waals surface area (Å²) < 4.78 is 0. The Bertz CT molecular complexity index is 597. The van der Waals surface area contributed by atoms with Gasteiger partial charge in [0.1, 0.15) is 0 Å². The van der Waals surface area contributed by atoms with Crippen LogP contribution >= 0.6 is 0 Å². The lowest BCUT2D eigenvalue weighted by molar-refractivity contribution is -0.255. The second-order valence-electron chi connectivity index (χ2n) is 6.08. The monoisotopic (exact) mass is 309 g/mol. The van der Waals surface area contributed by atoms with E-state index in [4.69, 9.17) is 0 Å². The molecule has 0 saturated carbocycles. The largest absolute Gasteiger partial charge is 0.545 e. The summed E-state index contributed by atoms with van der Waals surface area (Å²) in [6, 6.07) is 15.4. The minimum atomic E-state index is -1.13. The highest BCUT2D eigenvalue weighted by molar-refractivity contribution is 5.86. The molecule has 0 amide bonds. The Kier molecular flexibility index (Phi) is 6.86. The van der Waals surface area contributed by atoms with Crippen LogP contribution in [0.5, 0.6) is 0 Å². The Hall–Kier alpha value is -2.09. The molecule has 0 radical (unpaired) electrons. The van der Waals surface area contributed by atoms with E-state index in [-0.39, 0.29) is 5.56 Å². The number of hydrogen-bond acceptors (Lipinski definition) is 2. The average Bonchev–Trinajstić information content (AvgIpc) is 2.58. The summed E-state index contributed by atoms with van der Waals surface area (Å²) in [5.41, 5.74) is 3.73. The van der Waals surface area contributed by atoms with Crippen LogP contribution in [0.3, 0.4) is 0 Å². The van der Waals surface area contributed by atoms with Gasteiger partial charge in [-0.3, -0.25) is 0 Å². The van der Waals surface area contributed by atoms with E-state index in [9.17, 15) is 9.90 Å². The Morgan fingerprint density at radius 1 is 0.783 bits per heavy atom. The van der Waals surface area contributed by atoms with Crippen LogP contribution in [-0.2, 0) is 6.42 Å². The van der Waals surface area contributed by atoms with E-state index >= 15 is 0 Å². The van der Waals surface area contributed by atoms with E-state index in [0.717, 1.165) is 17.5 Å². The second-order valence-corrected chi connectivity index (χ2v) is 6.08. The number of aryl methyl sites for hydroxylation is 1. The van der Waals surface area contributed by atoms with Gasteiger partial charge in [0.2, 0.25) is 0 Å². The maximum absolute atomic E-state index is 10.8. The van der Waals surface area contributed by atoms with E-state index in [1.807, 2.05) is 12.1 Å². The van der Waals surface area contributed by atoms with Gasteiger partial charge in [-0.15, -0.1) is 0 Å². The maximum atomic E-state index is 10.8. The first kappa shape index (κ1) is 17.3. The first-order valence-electron chi connectivity index (χ1n) is 8.61. The molecule has 0 saturated heterocycles. The molecule has 2 nitrogen and oxygen atoms in total. The molecular formula is C21H25O2-. The van der Waals surface area contributed by atoms with Crippen LogP contribution in [0.25, 0.3) is 11.1 Å². The number of carboxylic acids is 1. The van der Waals surface area contributed by atoms with Gasteiger partial charge in [-0.1, -0.05) is 87.6 Å². The lowest BCUT2D eigenvalue weighted by Gasteiger charge is -2.07. The summed E-state index contributed by atoms with van der Waals surface area (Å²) in [4.78, 5) is 10.8. The summed E-state index contributed by atoms with van der Waals surface area (Å²) >= 11 is 0. The first-order valence-corrected chi connectivity index (χ1v) is 8.61. The molecule has 0 aliphatic carbocycles. The fraction of sp³-hybridized carbons (Fsp3) is 0.381. The molecule has 122 valence electrons. The van der Waals surface area contributed by atoms with Crippen molar-refractivity contribution in [3.05, 3.63) is 59.7 Å². The molecule has 0 aliphatic rings. The highest BCUT2D eigenvalue weighted by Gasteiger charge is 2.00. The zero-order chi connectivity index (χ0) is 16.5. The molecule has 0 atom stereocenters. The van der Waals surface area contributed by atoms with Crippen molar-refractivity contribution in [1.82, 2.24) is 0 Å². The molecular weight excluding hydrogens is 284 g/mol. The summed E-state index contributed by atoms with van der Waals surface area (Å²) in [5, 5.41) is 10.8. The van der Waals surface area contributed by atoms with Gasteiger partial charge in [0.05, 0.1) is 5.97 Å². The van der Waals surface area contributed by atoms with Gasteiger partial charge in [-0.25, -0.2) is 0 Å². The highest BCUT2D eigenvalue weighted by Crippen LogP contribution is 2.21. The van der Waals surface area contributed by atoms with Gasteiger partial charge in [-0.2, -0.15) is 0 Å². The molecule has 0 aromatic heterocycles. The lowest BCUT2D eigenvalue weighted by Crippen LogP contribution is -2.21. The number of hydrogen-bond donors (Lipinski definition) is 0. The third kappa shape index (κ3) is 5.55. The molecule has 2 heteroatoms. The molecule has 0 N–H and O–H groups in total. The van der Waals surface area contributed by atoms with E-state index in [1.165, 1.54) is 44.1 Å². The van der Waals surface area contributed by atoms with Gasteiger partial charge in [0, 0.05) is 0 Å². The van der Waals surface area contributed by atoms with Crippen molar-refractivity contribution in [2.45, 2.75) is 51.9 Å². The summed E-state index contributed by atoms with van der Waals surface area (Å²) in [6.07, 6.45) is 9.05. The van der Waals surface area contributed by atoms with Crippen molar-refractivity contribution in [1.29, 1.82) is 0 Å². The first-order chi connectivity index (χ1) is 11.2. The lowest BCUT2D eigenvalue weighted by atomic mass is 10.00. The molecule has 0 fully saturated rings. The molecule has 2 aromatic carbocycles. The van der Waals surface area contributed by atoms with Crippen LogP contribution in [-0.4, -0.2) is 5.97 Å². The maximum Gasteiger partial charge on any atom is 0.0715 e. The molecule has 0 bridgehead atoms. The number of carbonyl (C=O) groups excluding carboxylic acids is 1. The van der Waals surface area contributed by atoms with Crippen molar-refractivity contribution in [2.75, 3.05) is 0 Å². The molecule has 0 unspecified atom stereocenters. The van der Waals surface area contributed by atoms with Gasteiger partial charge >= 0.3 is 0 Å². The Morgan fingerprint density at radius 2 is 1.30 bits per heavy atom. The normalized spacial score (nSPS) is 10.7. The van der Waals surface area contributed by atoms with Crippen LogP contribution < -0.4 is 5.11 Å². The number of carbonyl (C=O) groups is 1. The fourth-order valence-electron chi connectivity index (χ4n) is 2.77. The Balaban J connectivity index is 1.85. The van der Waals surface area contributed by atoms with Crippen LogP contribution in [0.4, 0.5) is 0 Å². The summed E-state index contributed by atoms with van der Waals surface area (Å²) in [5.74, 6) is -1.13. The van der Waals surface area contributed by atoms with E-state index in [1.54, 1.807) is 12.1 Å². The molecule has 2 rings (SSSR count). The number of carboxylic acid groups (broad SMARTS) is 1. The van der Waals surface area contributed by atoms with Crippen molar-refractivity contribution in [2.24, 2.45) is 0 Å². The van der Waals surface area contributed by atoms with Crippen molar-refractivity contribution < 1.29 is 9.90 Å². The topological polar surface area (TPSA) is 40.1 Å². The summed E-state index contributed by atoms with van der Waals surface area (Å²) in [7, 11) is 0. The molecule has 0 spiro atoms. The van der Waals surface area contributed by atoms with Gasteiger partial charge in [0.15, 0.2) is 0 Å². The number of rotatable bonds is 9. The number of unbranched alkanes of at least 4 members (excludes halogenated alkanes) is 5. The van der Waals surface area contributed by atoms with E-state index < -0.39 is 5.97 Å². The zero-order valence-electron chi connectivity index (χ0n) is 13.9. The van der Waals surface area contributed by atoms with Gasteiger partial charge in [0.25, 0.3) is 0 Å². The fourth-order valence-corrected chi connectivity index (χ4v) is 2.77. The Labute approximate surface area is 139 Å². The zero-order valence-corrected chi connectivity index (χ0v) is 13.9. The van der Waals surface area contributed by atoms with Crippen molar-refractivity contribution in [3.63, 3.8) is 0 Å². The van der Waals surface area contributed by atoms with Gasteiger partial charge < -0.3 is 9.90 Å². The molecule has 23 heavy (non-hydrogen) atoms. The third-order valence-corrected chi connectivity index (χ3v) is 4.23. The number of aromatic carboxylic acids is 1. The molecule has 2 aromatic rings. The second kappa shape index (κ2) is 9.14. The third-order valence-electron chi connectivity index (χ3n) is 4.23. The predicted octanol–water partition coefficient (Wildman–Crippen LogP) is 4.62. The highest BCUT2D eigenvalue weighted by atomic mass is 16.4. The smallest absolute Gasteiger partial charge is 0.0715 e. The number of benzene rings is 2. The van der Waals surface area contributed by atoms with Gasteiger partial charge in [-0.05, 0) is 35.1 Å². The van der Waals surface area contributed by atoms with Crippen LogP contribution in [0.15, 0.2) is 48.5 Å². The Morgan fingerprint density at radius 3 is 1.87 bits per heavy atom. The molecule has 0 heterocycles. The van der Waals surface area contributed by atoms with Crippen LogP contribution in [0.1, 0.15) is 61.4 Å². The minimum absolute atomic E-state index is 0.216. The van der Waals surface area contributed by atoms with Crippen LogP contribution in [0, 0.1) is 0 Å². The summed E-state index contributed by atoms with van der Waals surface area (Å²) in [6.45, 7) is 2.24. The average molecular weight is 309 g/mol. The van der Waals surface area contributed by atoms with Crippen molar-refractivity contribution >= 4 is 5.97 Å². The predicted molar refractivity (Wildman–Crippen MR) is 93.3 cm³/mol. The van der Waals surface area contributed by atoms with E-state index in [2.05, 4.69) is 31.2 Å². The quantitative estimate of drug-likeness (QED) is 0.634. The van der Waals surface area contributed by atoms with Crippen LogP contribution in [0.2, 0.25) is 0 Å². The standard InChI is InChI=1S/C21H26O2/c1-2-3-4-5-6-7-8-17-9-11-18(12-10-17)19-13-15-20(16-14-19)21(22)23/h9-16H,2-8H2,1H3,(H,22,23)/p-1. The SMILES string of the molecule is CCCCCCCCc1ccc(-c2ccc(C(=O)[O-])cc2)cc1. The molecule has 0 aliphatic heterocycles. The van der Waals surface area contributed by atoms with E-state index in [0.29, 0.717) is 0 Å². The van der Waals surface area contributed by atoms with Crippen molar-refractivity contribution in [3.8, 4) is 11.1 Å².